The number of halogens is 1. The van der Waals surface area contributed by atoms with Gasteiger partial charge in [0.1, 0.15) is 5.82 Å². The minimum atomic E-state index is -1.03. The van der Waals surface area contributed by atoms with E-state index in [1.165, 1.54) is 18.2 Å². The number of nitrogen functional groups attached to an aromatic ring is 1. The maximum absolute atomic E-state index is 12.7. The number of benzene rings is 1. The number of nitrogens with two attached hydrogens (primary N) is 1. The van der Waals surface area contributed by atoms with Crippen LogP contribution in [-0.4, -0.2) is 18.7 Å². The zero-order valence-electron chi connectivity index (χ0n) is 7.33. The molecule has 3 N–H and O–H groups in total. The molecule has 0 saturated carbocycles. The number of rotatable bonds is 3. The lowest BCUT2D eigenvalue weighted by atomic mass is 9.79. The molecule has 0 saturated heterocycles. The van der Waals surface area contributed by atoms with Crippen molar-refractivity contribution in [1.29, 1.82) is 0 Å². The molecule has 0 aromatic heterocycles. The van der Waals surface area contributed by atoms with Crippen molar-refractivity contribution in [3.05, 3.63) is 24.0 Å². The maximum atomic E-state index is 12.7. The Hall–Kier alpha value is -1.07. The normalized spacial score (nSPS) is 10.1. The zero-order valence-corrected chi connectivity index (χ0v) is 7.33. The monoisotopic (exact) mass is 183 g/mol. The molecule has 0 atom stereocenters. The summed E-state index contributed by atoms with van der Waals surface area (Å²) in [7, 11) is -1.03. The Morgan fingerprint density at radius 2 is 2.31 bits per heavy atom. The Kier molecular flexibility index (Phi) is 3.28. The molecule has 0 unspecified atom stereocenters. The van der Waals surface area contributed by atoms with Gasteiger partial charge in [0.2, 0.25) is 0 Å². The highest BCUT2D eigenvalue weighted by Gasteiger charge is 2.16. The predicted octanol–water partition coefficient (Wildman–Crippen LogP) is 0.132. The second-order valence-corrected chi connectivity index (χ2v) is 2.59. The Labute approximate surface area is 76.5 Å². The van der Waals surface area contributed by atoms with Crippen molar-refractivity contribution in [3.8, 4) is 0 Å². The van der Waals surface area contributed by atoms with Crippen molar-refractivity contribution in [2.75, 3.05) is 12.3 Å². The molecule has 0 amide bonds. The quantitative estimate of drug-likeness (QED) is 0.517. The molecule has 3 nitrogen and oxygen atoms in total. The van der Waals surface area contributed by atoms with Crippen LogP contribution in [0.2, 0.25) is 0 Å². The summed E-state index contributed by atoms with van der Waals surface area (Å²) in [6, 6.07) is 3.99. The summed E-state index contributed by atoms with van der Waals surface area (Å²) in [6.45, 7) is 2.15. The summed E-state index contributed by atoms with van der Waals surface area (Å²) in [6.07, 6.45) is 0. The van der Waals surface area contributed by atoms with Crippen LogP contribution < -0.4 is 11.2 Å². The molecule has 0 bridgehead atoms. The molecule has 1 aromatic carbocycles. The van der Waals surface area contributed by atoms with Gasteiger partial charge in [0, 0.05) is 6.61 Å². The summed E-state index contributed by atoms with van der Waals surface area (Å²) in [4.78, 5) is 0. The van der Waals surface area contributed by atoms with Crippen molar-refractivity contribution < 1.29 is 14.1 Å². The average Bonchev–Trinajstić information content (AvgIpc) is 2.10. The van der Waals surface area contributed by atoms with E-state index in [1.54, 1.807) is 6.92 Å². The maximum Gasteiger partial charge on any atom is 0.491 e. The number of hydrogen-bond donors (Lipinski definition) is 2. The smallest absolute Gasteiger partial charge is 0.423 e. The first kappa shape index (κ1) is 10.0. The van der Waals surface area contributed by atoms with Crippen molar-refractivity contribution >= 4 is 18.3 Å². The molecule has 5 heteroatoms. The van der Waals surface area contributed by atoms with E-state index in [1.807, 2.05) is 0 Å². The summed E-state index contributed by atoms with van der Waals surface area (Å²) in [5.74, 6) is -0.493. The topological polar surface area (TPSA) is 55.5 Å². The fourth-order valence-corrected chi connectivity index (χ4v) is 0.970. The van der Waals surface area contributed by atoms with Crippen LogP contribution >= 0.6 is 0 Å². The molecule has 0 aliphatic rings. The Morgan fingerprint density at radius 3 is 2.85 bits per heavy atom. The molecule has 0 fully saturated rings. The Balaban J connectivity index is 2.84. The van der Waals surface area contributed by atoms with E-state index >= 15 is 0 Å². The van der Waals surface area contributed by atoms with Crippen molar-refractivity contribution in [3.63, 3.8) is 0 Å². The van der Waals surface area contributed by atoms with Crippen LogP contribution in [0.3, 0.4) is 0 Å². The third-order valence-corrected chi connectivity index (χ3v) is 1.63. The molecule has 1 rings (SSSR count). The van der Waals surface area contributed by atoms with Crippen molar-refractivity contribution in [1.82, 2.24) is 0 Å². The van der Waals surface area contributed by atoms with Gasteiger partial charge in [-0.2, -0.15) is 0 Å². The lowest BCUT2D eigenvalue weighted by molar-refractivity contribution is 0.287. The predicted molar refractivity (Wildman–Crippen MR) is 50.0 cm³/mol. The van der Waals surface area contributed by atoms with Crippen LogP contribution in [0.5, 0.6) is 0 Å². The molecule has 0 radical (unpaired) electrons. The Bertz CT molecular complexity index is 295. The fraction of sp³-hybridized carbons (Fsp3) is 0.250. The highest BCUT2D eigenvalue weighted by atomic mass is 19.1. The van der Waals surface area contributed by atoms with E-state index in [4.69, 9.17) is 10.4 Å². The van der Waals surface area contributed by atoms with E-state index in [9.17, 15) is 9.41 Å². The number of anilines is 1. The van der Waals surface area contributed by atoms with E-state index in [0.29, 0.717) is 12.1 Å². The molecule has 0 heterocycles. The van der Waals surface area contributed by atoms with Crippen LogP contribution in [-0.2, 0) is 4.65 Å². The first-order chi connectivity index (χ1) is 6.15. The zero-order chi connectivity index (χ0) is 9.84. The molecule has 13 heavy (non-hydrogen) atoms. The number of hydrogen-bond acceptors (Lipinski definition) is 3. The largest absolute Gasteiger partial charge is 0.491 e. The van der Waals surface area contributed by atoms with Crippen molar-refractivity contribution in [2.24, 2.45) is 0 Å². The third-order valence-electron chi connectivity index (χ3n) is 1.63. The van der Waals surface area contributed by atoms with Crippen LogP contribution in [0.15, 0.2) is 18.2 Å². The van der Waals surface area contributed by atoms with Crippen LogP contribution in [0.25, 0.3) is 0 Å². The first-order valence-electron chi connectivity index (χ1n) is 3.99. The molecule has 70 valence electrons. The van der Waals surface area contributed by atoms with Gasteiger partial charge in [-0.1, -0.05) is 6.07 Å². The second-order valence-electron chi connectivity index (χ2n) is 2.59. The summed E-state index contributed by atoms with van der Waals surface area (Å²) in [5, 5.41) is 9.34. The average molecular weight is 183 g/mol. The minimum absolute atomic E-state index is 0.0104. The van der Waals surface area contributed by atoms with Crippen molar-refractivity contribution in [2.45, 2.75) is 6.92 Å². The molecule has 0 aliphatic carbocycles. The molecule has 1 aromatic rings. The fourth-order valence-electron chi connectivity index (χ4n) is 0.970. The van der Waals surface area contributed by atoms with Gasteiger partial charge in [-0.05, 0) is 24.5 Å². The van der Waals surface area contributed by atoms with E-state index in [2.05, 4.69) is 0 Å². The lowest BCUT2D eigenvalue weighted by Crippen LogP contribution is -2.33. The summed E-state index contributed by atoms with van der Waals surface area (Å²) < 4.78 is 17.6. The van der Waals surface area contributed by atoms with Crippen LogP contribution in [0, 0.1) is 5.82 Å². The SMILES string of the molecule is CCOB(O)c1ccc(F)c(N)c1. The highest BCUT2D eigenvalue weighted by molar-refractivity contribution is 6.60. The van der Waals surface area contributed by atoms with E-state index in [0.717, 1.165) is 0 Å². The lowest BCUT2D eigenvalue weighted by Gasteiger charge is -2.06. The second kappa shape index (κ2) is 4.25. The standard InChI is InChI=1S/C8H11BFNO2/c1-2-13-9(12)6-3-4-7(10)8(11)5-6/h3-5,12H,2,11H2,1H3. The van der Waals surface area contributed by atoms with Gasteiger partial charge in [-0.25, -0.2) is 4.39 Å². The van der Waals surface area contributed by atoms with Gasteiger partial charge < -0.3 is 15.4 Å². The van der Waals surface area contributed by atoms with Crippen LogP contribution in [0.1, 0.15) is 6.92 Å². The third kappa shape index (κ3) is 2.43. The highest BCUT2D eigenvalue weighted by Crippen LogP contribution is 2.06. The van der Waals surface area contributed by atoms with Gasteiger partial charge >= 0.3 is 7.12 Å². The summed E-state index contributed by atoms with van der Waals surface area (Å²) >= 11 is 0. The van der Waals surface area contributed by atoms with Gasteiger partial charge in [0.25, 0.3) is 0 Å². The molecule has 0 aliphatic heterocycles. The first-order valence-corrected chi connectivity index (χ1v) is 3.99. The molecular weight excluding hydrogens is 172 g/mol. The molecular formula is C8H11BFNO2. The van der Waals surface area contributed by atoms with E-state index in [-0.39, 0.29) is 5.69 Å². The summed E-state index contributed by atoms with van der Waals surface area (Å²) in [5.41, 5.74) is 5.78. The molecule has 0 spiro atoms. The minimum Gasteiger partial charge on any atom is -0.423 e. The van der Waals surface area contributed by atoms with Gasteiger partial charge in [-0.3, -0.25) is 0 Å². The van der Waals surface area contributed by atoms with Gasteiger partial charge in [0.15, 0.2) is 0 Å². The van der Waals surface area contributed by atoms with Crippen LogP contribution in [0.4, 0.5) is 10.1 Å². The Morgan fingerprint density at radius 1 is 1.62 bits per heavy atom. The van der Waals surface area contributed by atoms with Gasteiger partial charge in [-0.15, -0.1) is 0 Å². The van der Waals surface area contributed by atoms with Gasteiger partial charge in [0.05, 0.1) is 5.69 Å². The van der Waals surface area contributed by atoms with E-state index < -0.39 is 12.9 Å².